The first-order valence-corrected chi connectivity index (χ1v) is 6.13. The molecule has 3 heteroatoms. The van der Waals surface area contributed by atoms with Crippen molar-refractivity contribution < 1.29 is 5.11 Å². The van der Waals surface area contributed by atoms with Gasteiger partial charge in [0.2, 0.25) is 0 Å². The third kappa shape index (κ3) is 2.87. The molecule has 1 unspecified atom stereocenters. The van der Waals surface area contributed by atoms with Gasteiger partial charge in [-0.05, 0) is 32.0 Å². The highest BCUT2D eigenvalue weighted by molar-refractivity contribution is 5.34. The summed E-state index contributed by atoms with van der Waals surface area (Å²) in [5, 5.41) is 13.2. The van der Waals surface area contributed by atoms with Gasteiger partial charge >= 0.3 is 0 Å². The molecule has 0 radical (unpaired) electrons. The van der Waals surface area contributed by atoms with E-state index in [-0.39, 0.29) is 12.1 Å². The van der Waals surface area contributed by atoms with Gasteiger partial charge < -0.3 is 10.4 Å². The molecule has 2 rings (SSSR count). The Balaban J connectivity index is 2.08. The number of pyridine rings is 1. The Hall–Kier alpha value is -1.87. The lowest BCUT2D eigenvalue weighted by Crippen LogP contribution is -2.23. The van der Waals surface area contributed by atoms with Gasteiger partial charge in [-0.3, -0.25) is 4.98 Å². The summed E-state index contributed by atoms with van der Waals surface area (Å²) in [6.45, 7) is 4.10. The fourth-order valence-corrected chi connectivity index (χ4v) is 2.04. The molecular formula is C15H18N2O. The Labute approximate surface area is 108 Å². The lowest BCUT2D eigenvalue weighted by molar-refractivity contribution is 0.436. The number of rotatable bonds is 4. The smallest absolute Gasteiger partial charge is 0.120 e. The van der Waals surface area contributed by atoms with Gasteiger partial charge in [0.15, 0.2) is 0 Å². The van der Waals surface area contributed by atoms with Crippen molar-refractivity contribution >= 4 is 0 Å². The number of hydrogen-bond acceptors (Lipinski definition) is 3. The molecule has 0 amide bonds. The van der Waals surface area contributed by atoms with Crippen molar-refractivity contribution in [2.75, 3.05) is 0 Å². The molecule has 0 saturated carbocycles. The third-order valence-corrected chi connectivity index (χ3v) is 3.03. The SMILES string of the molecule is CC(N[C@@H](C)c1ccccn1)c1ccccc1O. The Bertz CT molecular complexity index is 499. The molecule has 3 nitrogen and oxygen atoms in total. The van der Waals surface area contributed by atoms with Crippen molar-refractivity contribution in [3.8, 4) is 5.75 Å². The van der Waals surface area contributed by atoms with Gasteiger partial charge in [0.25, 0.3) is 0 Å². The molecule has 0 fully saturated rings. The fraction of sp³-hybridized carbons (Fsp3) is 0.267. The van der Waals surface area contributed by atoms with E-state index in [4.69, 9.17) is 0 Å². The van der Waals surface area contributed by atoms with E-state index < -0.39 is 0 Å². The van der Waals surface area contributed by atoms with Crippen LogP contribution in [0.3, 0.4) is 0 Å². The first kappa shape index (κ1) is 12.6. The van der Waals surface area contributed by atoms with E-state index in [2.05, 4.69) is 17.2 Å². The van der Waals surface area contributed by atoms with Crippen LogP contribution in [0.1, 0.15) is 37.2 Å². The van der Waals surface area contributed by atoms with Crippen LogP contribution in [0, 0.1) is 0 Å². The minimum atomic E-state index is 0.0724. The molecule has 0 aliphatic heterocycles. The molecule has 0 bridgehead atoms. The van der Waals surface area contributed by atoms with Crippen LogP contribution in [0.15, 0.2) is 48.7 Å². The second kappa shape index (κ2) is 5.65. The van der Waals surface area contributed by atoms with Crippen LogP contribution >= 0.6 is 0 Å². The van der Waals surface area contributed by atoms with Crippen molar-refractivity contribution in [3.63, 3.8) is 0 Å². The predicted octanol–water partition coefficient (Wildman–Crippen LogP) is 3.20. The normalized spacial score (nSPS) is 14.1. The minimum absolute atomic E-state index is 0.0724. The first-order chi connectivity index (χ1) is 8.68. The molecule has 0 aliphatic rings. The van der Waals surface area contributed by atoms with Crippen LogP contribution in [0.2, 0.25) is 0 Å². The quantitative estimate of drug-likeness (QED) is 0.865. The number of nitrogens with zero attached hydrogens (tertiary/aromatic N) is 1. The molecule has 2 N–H and O–H groups in total. The second-order valence-electron chi connectivity index (χ2n) is 4.42. The van der Waals surface area contributed by atoms with Crippen molar-refractivity contribution in [2.24, 2.45) is 0 Å². The molecule has 94 valence electrons. The van der Waals surface area contributed by atoms with Crippen LogP contribution in [-0.2, 0) is 0 Å². The summed E-state index contributed by atoms with van der Waals surface area (Å²) in [5.74, 6) is 0.325. The van der Waals surface area contributed by atoms with E-state index in [1.165, 1.54) is 0 Å². The van der Waals surface area contributed by atoms with E-state index in [9.17, 15) is 5.11 Å². The molecular weight excluding hydrogens is 224 g/mol. The number of para-hydroxylation sites is 1. The lowest BCUT2D eigenvalue weighted by Gasteiger charge is -2.20. The van der Waals surface area contributed by atoms with Crippen molar-refractivity contribution in [3.05, 3.63) is 59.9 Å². The average molecular weight is 242 g/mol. The zero-order valence-corrected chi connectivity index (χ0v) is 10.7. The van der Waals surface area contributed by atoms with Gasteiger partial charge in [-0.2, -0.15) is 0 Å². The van der Waals surface area contributed by atoms with Crippen molar-refractivity contribution in [1.82, 2.24) is 10.3 Å². The fourth-order valence-electron chi connectivity index (χ4n) is 2.04. The van der Waals surface area contributed by atoms with Crippen LogP contribution < -0.4 is 5.32 Å². The number of hydrogen-bond donors (Lipinski definition) is 2. The largest absolute Gasteiger partial charge is 0.508 e. The molecule has 2 aromatic rings. The maximum absolute atomic E-state index is 9.81. The summed E-state index contributed by atoms with van der Waals surface area (Å²) < 4.78 is 0. The number of phenolic OH excluding ortho intramolecular Hbond substituents is 1. The topological polar surface area (TPSA) is 45.2 Å². The number of aromatic nitrogens is 1. The average Bonchev–Trinajstić information content (AvgIpc) is 2.40. The molecule has 1 aromatic heterocycles. The third-order valence-electron chi connectivity index (χ3n) is 3.03. The van der Waals surface area contributed by atoms with Crippen LogP contribution in [0.4, 0.5) is 0 Å². The van der Waals surface area contributed by atoms with E-state index in [1.54, 1.807) is 12.3 Å². The number of benzene rings is 1. The van der Waals surface area contributed by atoms with E-state index in [0.29, 0.717) is 5.75 Å². The molecule has 0 spiro atoms. The molecule has 0 saturated heterocycles. The van der Waals surface area contributed by atoms with E-state index in [1.807, 2.05) is 43.3 Å². The maximum Gasteiger partial charge on any atom is 0.120 e. The summed E-state index contributed by atoms with van der Waals surface area (Å²) in [6, 6.07) is 13.5. The van der Waals surface area contributed by atoms with Crippen molar-refractivity contribution in [2.45, 2.75) is 25.9 Å². The van der Waals surface area contributed by atoms with Crippen LogP contribution in [0.25, 0.3) is 0 Å². The lowest BCUT2D eigenvalue weighted by atomic mass is 10.1. The molecule has 2 atom stereocenters. The molecule has 1 heterocycles. The Morgan fingerprint density at radius 1 is 1.00 bits per heavy atom. The summed E-state index contributed by atoms with van der Waals surface area (Å²) in [6.07, 6.45) is 1.79. The van der Waals surface area contributed by atoms with Crippen LogP contribution in [-0.4, -0.2) is 10.1 Å². The van der Waals surface area contributed by atoms with Gasteiger partial charge in [0.1, 0.15) is 5.75 Å². The molecule has 1 aromatic carbocycles. The Morgan fingerprint density at radius 2 is 1.72 bits per heavy atom. The van der Waals surface area contributed by atoms with Gasteiger partial charge in [-0.1, -0.05) is 24.3 Å². The zero-order chi connectivity index (χ0) is 13.0. The number of phenols is 1. The maximum atomic E-state index is 9.81. The highest BCUT2D eigenvalue weighted by Gasteiger charge is 2.13. The number of aromatic hydroxyl groups is 1. The summed E-state index contributed by atoms with van der Waals surface area (Å²) in [5.41, 5.74) is 1.90. The number of nitrogens with one attached hydrogen (secondary N) is 1. The Kier molecular flexibility index (Phi) is 3.95. The van der Waals surface area contributed by atoms with Crippen LogP contribution in [0.5, 0.6) is 5.75 Å². The van der Waals surface area contributed by atoms with E-state index in [0.717, 1.165) is 11.3 Å². The van der Waals surface area contributed by atoms with Gasteiger partial charge in [0.05, 0.1) is 5.69 Å². The highest BCUT2D eigenvalue weighted by Crippen LogP contribution is 2.25. The highest BCUT2D eigenvalue weighted by atomic mass is 16.3. The van der Waals surface area contributed by atoms with E-state index >= 15 is 0 Å². The summed E-state index contributed by atoms with van der Waals surface area (Å²) in [4.78, 5) is 4.32. The zero-order valence-electron chi connectivity index (χ0n) is 10.7. The summed E-state index contributed by atoms with van der Waals surface area (Å²) in [7, 11) is 0. The Morgan fingerprint density at radius 3 is 2.39 bits per heavy atom. The van der Waals surface area contributed by atoms with Crippen molar-refractivity contribution in [1.29, 1.82) is 0 Å². The van der Waals surface area contributed by atoms with Gasteiger partial charge in [0, 0.05) is 23.8 Å². The molecule has 0 aliphatic carbocycles. The predicted molar refractivity (Wildman–Crippen MR) is 72.3 cm³/mol. The van der Waals surface area contributed by atoms with Gasteiger partial charge in [-0.25, -0.2) is 0 Å². The minimum Gasteiger partial charge on any atom is -0.508 e. The monoisotopic (exact) mass is 242 g/mol. The summed E-state index contributed by atoms with van der Waals surface area (Å²) >= 11 is 0. The van der Waals surface area contributed by atoms with Gasteiger partial charge in [-0.15, -0.1) is 0 Å². The second-order valence-corrected chi connectivity index (χ2v) is 4.42. The first-order valence-electron chi connectivity index (χ1n) is 6.13. The molecule has 18 heavy (non-hydrogen) atoms. The standard InChI is InChI=1S/C15H18N2O/c1-11(13-7-3-4-9-15(13)18)17-12(2)14-8-5-6-10-16-14/h3-12,17-18H,1-2H3/t11?,12-/m0/s1.